The molecule has 22 heavy (non-hydrogen) atoms. The zero-order chi connectivity index (χ0) is 16.2. The third-order valence-corrected chi connectivity index (χ3v) is 3.37. The lowest BCUT2D eigenvalue weighted by Crippen LogP contribution is -2.17. The molecule has 0 fully saturated rings. The van der Waals surface area contributed by atoms with E-state index in [4.69, 9.17) is 0 Å². The van der Waals surface area contributed by atoms with Crippen LogP contribution in [0.1, 0.15) is 42.3 Å². The van der Waals surface area contributed by atoms with E-state index < -0.39 is 0 Å². The second-order valence-electron chi connectivity index (χ2n) is 6.19. The fourth-order valence-corrected chi connectivity index (χ4v) is 1.99. The van der Waals surface area contributed by atoms with Crippen molar-refractivity contribution in [2.45, 2.75) is 26.2 Å². The summed E-state index contributed by atoms with van der Waals surface area (Å²) >= 11 is 0. The molecular weight excluding hydrogens is 277 g/mol. The summed E-state index contributed by atoms with van der Waals surface area (Å²) in [6.07, 6.45) is 3.29. The van der Waals surface area contributed by atoms with Crippen LogP contribution in [-0.2, 0) is 5.41 Å². The molecule has 3 heteroatoms. The summed E-state index contributed by atoms with van der Waals surface area (Å²) < 4.78 is 12.8. The van der Waals surface area contributed by atoms with Crippen molar-refractivity contribution >= 4 is 12.0 Å². The lowest BCUT2D eigenvalue weighted by molar-refractivity contribution is 0.0970. The predicted molar refractivity (Wildman–Crippen MR) is 88.0 cm³/mol. The van der Waals surface area contributed by atoms with Crippen molar-refractivity contribution < 1.29 is 9.18 Å². The highest BCUT2D eigenvalue weighted by atomic mass is 19.1. The Kier molecular flexibility index (Phi) is 4.76. The molecule has 0 aliphatic carbocycles. The molecule has 0 aromatic heterocycles. The first-order chi connectivity index (χ1) is 10.4. The molecule has 0 atom stereocenters. The predicted octanol–water partition coefficient (Wildman–Crippen LogP) is 4.52. The standard InChI is InChI=1S/C19H20FNO/c1-19(2,3)16-8-6-15(7-9-16)18(22)21-13-12-14-4-10-17(20)11-5-14/h4-13H,1-3H3,(H,21,22)/b13-12+. The third-order valence-electron chi connectivity index (χ3n) is 3.37. The number of carbonyl (C=O) groups is 1. The van der Waals surface area contributed by atoms with Gasteiger partial charge in [0.2, 0.25) is 0 Å². The van der Waals surface area contributed by atoms with Gasteiger partial charge in [-0.2, -0.15) is 0 Å². The average Bonchev–Trinajstić information content (AvgIpc) is 2.48. The first-order valence-corrected chi connectivity index (χ1v) is 7.20. The Morgan fingerprint density at radius 1 is 1.00 bits per heavy atom. The Morgan fingerprint density at radius 2 is 1.59 bits per heavy atom. The van der Waals surface area contributed by atoms with Gasteiger partial charge in [0.25, 0.3) is 5.91 Å². The van der Waals surface area contributed by atoms with Crippen LogP contribution in [0.15, 0.2) is 54.7 Å². The maximum Gasteiger partial charge on any atom is 0.255 e. The average molecular weight is 297 g/mol. The Balaban J connectivity index is 1.99. The number of carbonyl (C=O) groups excluding carboxylic acids is 1. The smallest absolute Gasteiger partial charge is 0.255 e. The highest BCUT2D eigenvalue weighted by Crippen LogP contribution is 2.22. The molecule has 2 aromatic rings. The summed E-state index contributed by atoms with van der Waals surface area (Å²) in [5, 5.41) is 2.71. The number of nitrogens with one attached hydrogen (secondary N) is 1. The molecule has 0 radical (unpaired) electrons. The lowest BCUT2D eigenvalue weighted by atomic mass is 9.87. The molecule has 0 saturated carbocycles. The van der Waals surface area contributed by atoms with E-state index in [9.17, 15) is 9.18 Å². The summed E-state index contributed by atoms with van der Waals surface area (Å²) in [6.45, 7) is 6.40. The second kappa shape index (κ2) is 6.56. The number of halogens is 1. The first-order valence-electron chi connectivity index (χ1n) is 7.20. The summed E-state index contributed by atoms with van der Waals surface area (Å²) in [5.74, 6) is -0.445. The van der Waals surface area contributed by atoms with Gasteiger partial charge in [0, 0.05) is 11.8 Å². The molecule has 0 aliphatic rings. The molecule has 1 N–H and O–H groups in total. The number of benzene rings is 2. The molecule has 0 aliphatic heterocycles. The van der Waals surface area contributed by atoms with Crippen LogP contribution in [0.25, 0.3) is 6.08 Å². The highest BCUT2D eigenvalue weighted by molar-refractivity contribution is 5.95. The van der Waals surface area contributed by atoms with Crippen molar-refractivity contribution in [1.29, 1.82) is 0 Å². The molecule has 0 saturated heterocycles. The fraction of sp³-hybridized carbons (Fsp3) is 0.211. The van der Waals surface area contributed by atoms with E-state index >= 15 is 0 Å². The minimum absolute atomic E-state index is 0.0670. The molecule has 2 nitrogen and oxygen atoms in total. The topological polar surface area (TPSA) is 29.1 Å². The van der Waals surface area contributed by atoms with E-state index in [0.717, 1.165) is 5.56 Å². The van der Waals surface area contributed by atoms with E-state index in [2.05, 4.69) is 26.1 Å². The van der Waals surface area contributed by atoms with Crippen molar-refractivity contribution in [1.82, 2.24) is 5.32 Å². The number of amides is 1. The van der Waals surface area contributed by atoms with Gasteiger partial charge in [0.1, 0.15) is 5.82 Å². The molecule has 0 unspecified atom stereocenters. The van der Waals surface area contributed by atoms with Crippen molar-refractivity contribution in [3.63, 3.8) is 0 Å². The normalized spacial score (nSPS) is 11.6. The maximum absolute atomic E-state index is 12.8. The molecule has 0 bridgehead atoms. The van der Waals surface area contributed by atoms with E-state index in [-0.39, 0.29) is 17.1 Å². The summed E-state index contributed by atoms with van der Waals surface area (Å²) in [5.41, 5.74) is 2.68. The zero-order valence-electron chi connectivity index (χ0n) is 13.1. The summed E-state index contributed by atoms with van der Waals surface area (Å²) in [7, 11) is 0. The molecular formula is C19H20FNO. The van der Waals surface area contributed by atoms with E-state index in [1.807, 2.05) is 24.3 Å². The van der Waals surface area contributed by atoms with Crippen LogP contribution < -0.4 is 5.32 Å². The molecule has 0 spiro atoms. The first kappa shape index (κ1) is 16.0. The number of hydrogen-bond donors (Lipinski definition) is 1. The van der Waals surface area contributed by atoms with Gasteiger partial charge >= 0.3 is 0 Å². The summed E-state index contributed by atoms with van der Waals surface area (Å²) in [4.78, 5) is 12.0. The van der Waals surface area contributed by atoms with Gasteiger partial charge in [-0.15, -0.1) is 0 Å². The van der Waals surface area contributed by atoms with Crippen LogP contribution in [0.2, 0.25) is 0 Å². The van der Waals surface area contributed by atoms with Crippen LogP contribution >= 0.6 is 0 Å². The summed E-state index contributed by atoms with van der Waals surface area (Å²) in [6, 6.07) is 13.6. The number of rotatable bonds is 3. The SMILES string of the molecule is CC(C)(C)c1ccc(C(=O)N/C=C/c2ccc(F)cc2)cc1. The van der Waals surface area contributed by atoms with Gasteiger partial charge in [-0.25, -0.2) is 4.39 Å². The second-order valence-corrected chi connectivity index (χ2v) is 6.19. The molecule has 1 amide bonds. The Hall–Kier alpha value is -2.42. The minimum atomic E-state index is -0.278. The van der Waals surface area contributed by atoms with E-state index in [1.54, 1.807) is 24.4 Å². The van der Waals surface area contributed by atoms with Crippen LogP contribution in [0.3, 0.4) is 0 Å². The quantitative estimate of drug-likeness (QED) is 0.886. The van der Waals surface area contributed by atoms with Crippen LogP contribution in [-0.4, -0.2) is 5.91 Å². The van der Waals surface area contributed by atoms with Gasteiger partial charge in [-0.1, -0.05) is 45.0 Å². The van der Waals surface area contributed by atoms with Gasteiger partial charge in [-0.3, -0.25) is 4.79 Å². The largest absolute Gasteiger partial charge is 0.329 e. The van der Waals surface area contributed by atoms with Gasteiger partial charge in [0.05, 0.1) is 0 Å². The Morgan fingerprint density at radius 3 is 2.14 bits per heavy atom. The molecule has 114 valence electrons. The molecule has 0 heterocycles. The van der Waals surface area contributed by atoms with Crippen LogP contribution in [0.4, 0.5) is 4.39 Å². The lowest BCUT2D eigenvalue weighted by Gasteiger charge is -2.18. The molecule has 2 aromatic carbocycles. The van der Waals surface area contributed by atoms with Crippen LogP contribution in [0, 0.1) is 5.82 Å². The van der Waals surface area contributed by atoms with E-state index in [1.165, 1.54) is 17.7 Å². The number of hydrogen-bond acceptors (Lipinski definition) is 1. The van der Waals surface area contributed by atoms with E-state index in [0.29, 0.717) is 5.56 Å². The fourth-order valence-electron chi connectivity index (χ4n) is 1.99. The van der Waals surface area contributed by atoms with Crippen LogP contribution in [0.5, 0.6) is 0 Å². The van der Waals surface area contributed by atoms with Crippen molar-refractivity contribution in [3.05, 3.63) is 77.2 Å². The van der Waals surface area contributed by atoms with Crippen molar-refractivity contribution in [2.75, 3.05) is 0 Å². The van der Waals surface area contributed by atoms with Crippen molar-refractivity contribution in [3.8, 4) is 0 Å². The van der Waals surface area contributed by atoms with Gasteiger partial charge in [0.15, 0.2) is 0 Å². The zero-order valence-corrected chi connectivity index (χ0v) is 13.1. The maximum atomic E-state index is 12.8. The molecule has 2 rings (SSSR count). The highest BCUT2D eigenvalue weighted by Gasteiger charge is 2.13. The van der Waals surface area contributed by atoms with Gasteiger partial charge < -0.3 is 5.32 Å². The Bertz CT molecular complexity index is 664. The Labute approximate surface area is 130 Å². The van der Waals surface area contributed by atoms with Gasteiger partial charge in [-0.05, 0) is 46.9 Å². The minimum Gasteiger partial charge on any atom is -0.329 e. The third kappa shape index (κ3) is 4.29. The monoisotopic (exact) mass is 297 g/mol. The van der Waals surface area contributed by atoms with Crippen molar-refractivity contribution in [2.24, 2.45) is 0 Å².